The first-order chi connectivity index (χ1) is 15.3. The molecule has 1 saturated carbocycles. The number of carbonyl (C=O) groups is 2. The number of piperidine rings is 1. The minimum absolute atomic E-state index is 0.000167. The third-order valence-electron chi connectivity index (χ3n) is 6.45. The lowest BCUT2D eigenvalue weighted by atomic mass is 10.0. The van der Waals surface area contributed by atoms with Gasteiger partial charge in [0.15, 0.2) is 11.5 Å². The molecule has 1 saturated heterocycles. The predicted octanol–water partition coefficient (Wildman–Crippen LogP) is 1.90. The number of anilines is 1. The maximum absolute atomic E-state index is 14.2. The fraction of sp³-hybridized carbons (Fsp3) is 0.381. The third kappa shape index (κ3) is 3.35. The molecule has 0 radical (unpaired) electrons. The zero-order valence-electron chi connectivity index (χ0n) is 17.3. The van der Waals surface area contributed by atoms with Crippen LogP contribution in [0.3, 0.4) is 0 Å². The number of nitrogens with two attached hydrogens (primary N) is 1. The van der Waals surface area contributed by atoms with Crippen molar-refractivity contribution in [2.45, 2.75) is 44.9 Å². The molecule has 3 heterocycles. The van der Waals surface area contributed by atoms with Crippen LogP contribution >= 0.6 is 11.6 Å². The topological polar surface area (TPSA) is 119 Å². The number of nitrogens with zero attached hydrogens (tertiary/aromatic N) is 5. The number of hydrogen-bond donors (Lipinski definition) is 2. The first kappa shape index (κ1) is 20.6. The van der Waals surface area contributed by atoms with Gasteiger partial charge in [0.05, 0.1) is 11.3 Å². The van der Waals surface area contributed by atoms with Crippen LogP contribution in [0.2, 0.25) is 5.02 Å². The molecule has 5 rings (SSSR count). The normalized spacial score (nSPS) is 23.9. The molecule has 32 heavy (non-hydrogen) atoms. The van der Waals surface area contributed by atoms with Gasteiger partial charge in [0.2, 0.25) is 11.8 Å². The van der Waals surface area contributed by atoms with Crippen molar-refractivity contribution in [2.24, 2.45) is 5.41 Å². The highest BCUT2D eigenvalue weighted by Gasteiger charge is 2.64. The van der Waals surface area contributed by atoms with Crippen LogP contribution in [0.4, 0.5) is 10.2 Å². The Kier molecular flexibility index (Phi) is 4.77. The SMILES string of the molecule is C[C@@]12C[C@@H](C(=O)NCc3cccc(Cl)c3F)N(C(=O)Cn3cnc4c(N)ncnc43)[C@@H]1C2. The van der Waals surface area contributed by atoms with Gasteiger partial charge < -0.3 is 20.5 Å². The van der Waals surface area contributed by atoms with Crippen molar-refractivity contribution in [3.05, 3.63) is 47.3 Å². The lowest BCUT2D eigenvalue weighted by molar-refractivity contribution is -0.140. The van der Waals surface area contributed by atoms with Gasteiger partial charge in [-0.1, -0.05) is 30.7 Å². The monoisotopic (exact) mass is 457 g/mol. The van der Waals surface area contributed by atoms with Crippen molar-refractivity contribution >= 4 is 40.4 Å². The lowest BCUT2D eigenvalue weighted by Gasteiger charge is -2.27. The van der Waals surface area contributed by atoms with Gasteiger partial charge in [0.1, 0.15) is 30.2 Å². The molecule has 11 heteroatoms. The second kappa shape index (κ2) is 7.40. The van der Waals surface area contributed by atoms with E-state index >= 15 is 0 Å². The quantitative estimate of drug-likeness (QED) is 0.604. The Morgan fingerprint density at radius 3 is 2.94 bits per heavy atom. The zero-order valence-corrected chi connectivity index (χ0v) is 18.0. The summed E-state index contributed by atoms with van der Waals surface area (Å²) < 4.78 is 15.8. The van der Waals surface area contributed by atoms with E-state index in [2.05, 4.69) is 27.2 Å². The summed E-state index contributed by atoms with van der Waals surface area (Å²) in [6.45, 7) is 2.04. The standard InChI is InChI=1S/C21H21ClFN7O2/c1-21-5-13(20(32)25-7-11-3-2-4-12(22)16(11)23)30(14(21)6-21)15(31)8-29-10-28-17-18(24)26-9-27-19(17)29/h2-4,9-10,13-14H,5-8H2,1H3,(H,25,32)(H2,24,26,27)/t13-,14+,21-/m0/s1. The number of imidazole rings is 1. The molecule has 1 aliphatic heterocycles. The Balaban J connectivity index is 1.33. The molecule has 2 fully saturated rings. The summed E-state index contributed by atoms with van der Waals surface area (Å²) in [6.07, 6.45) is 4.23. The van der Waals surface area contributed by atoms with Crippen LogP contribution < -0.4 is 11.1 Å². The van der Waals surface area contributed by atoms with Gasteiger partial charge in [-0.05, 0) is 24.3 Å². The largest absolute Gasteiger partial charge is 0.382 e. The van der Waals surface area contributed by atoms with E-state index in [1.54, 1.807) is 21.6 Å². The summed E-state index contributed by atoms with van der Waals surface area (Å²) >= 11 is 5.82. The maximum atomic E-state index is 14.2. The minimum atomic E-state index is -0.622. The fourth-order valence-electron chi connectivity index (χ4n) is 4.59. The number of halogens is 2. The number of aromatic nitrogens is 4. The minimum Gasteiger partial charge on any atom is -0.382 e. The molecule has 2 aromatic heterocycles. The van der Waals surface area contributed by atoms with Crippen molar-refractivity contribution in [1.82, 2.24) is 29.7 Å². The van der Waals surface area contributed by atoms with Crippen molar-refractivity contribution < 1.29 is 14.0 Å². The molecule has 3 aromatic rings. The third-order valence-corrected chi connectivity index (χ3v) is 6.74. The van der Waals surface area contributed by atoms with Crippen LogP contribution in [0.5, 0.6) is 0 Å². The van der Waals surface area contributed by atoms with E-state index in [1.807, 2.05) is 0 Å². The summed E-state index contributed by atoms with van der Waals surface area (Å²) in [5.74, 6) is -0.838. The second-order valence-corrected chi connectivity index (χ2v) is 9.04. The van der Waals surface area contributed by atoms with E-state index in [1.165, 1.54) is 18.7 Å². The van der Waals surface area contributed by atoms with Gasteiger partial charge in [0, 0.05) is 18.2 Å². The Morgan fingerprint density at radius 1 is 1.31 bits per heavy atom. The highest BCUT2D eigenvalue weighted by atomic mass is 35.5. The highest BCUT2D eigenvalue weighted by Crippen LogP contribution is 2.59. The number of rotatable bonds is 5. The van der Waals surface area contributed by atoms with Gasteiger partial charge >= 0.3 is 0 Å². The van der Waals surface area contributed by atoms with E-state index in [4.69, 9.17) is 17.3 Å². The first-order valence-corrected chi connectivity index (χ1v) is 10.6. The van der Waals surface area contributed by atoms with Crippen molar-refractivity contribution in [3.8, 4) is 0 Å². The lowest BCUT2D eigenvalue weighted by Crippen LogP contribution is -2.48. The molecular formula is C21H21ClFN7O2. The Morgan fingerprint density at radius 2 is 2.12 bits per heavy atom. The molecule has 0 unspecified atom stereocenters. The molecule has 1 aromatic carbocycles. The van der Waals surface area contributed by atoms with Gasteiger partial charge in [-0.3, -0.25) is 9.59 Å². The summed E-state index contributed by atoms with van der Waals surface area (Å²) in [6, 6.07) is 4.02. The molecule has 3 N–H and O–H groups in total. The fourth-order valence-corrected chi connectivity index (χ4v) is 4.78. The van der Waals surface area contributed by atoms with Crippen molar-refractivity contribution in [3.63, 3.8) is 0 Å². The number of benzene rings is 1. The van der Waals surface area contributed by atoms with Gasteiger partial charge in [-0.25, -0.2) is 19.3 Å². The number of likely N-dealkylation sites (tertiary alicyclic amines) is 1. The number of nitrogens with one attached hydrogen (secondary N) is 1. The van der Waals surface area contributed by atoms with E-state index in [0.717, 1.165) is 6.42 Å². The molecular weight excluding hydrogens is 437 g/mol. The highest BCUT2D eigenvalue weighted by molar-refractivity contribution is 6.30. The van der Waals surface area contributed by atoms with Gasteiger partial charge in [0.25, 0.3) is 0 Å². The van der Waals surface area contributed by atoms with Crippen LogP contribution in [-0.4, -0.2) is 48.3 Å². The summed E-state index contributed by atoms with van der Waals surface area (Å²) in [4.78, 5) is 40.2. The predicted molar refractivity (Wildman–Crippen MR) is 115 cm³/mol. The molecule has 2 aliphatic rings. The summed E-state index contributed by atoms with van der Waals surface area (Å²) in [5.41, 5.74) is 6.92. The van der Waals surface area contributed by atoms with Crippen LogP contribution in [0, 0.1) is 11.2 Å². The average molecular weight is 458 g/mol. The van der Waals surface area contributed by atoms with Crippen molar-refractivity contribution in [2.75, 3.05) is 5.73 Å². The van der Waals surface area contributed by atoms with E-state index in [-0.39, 0.29) is 47.2 Å². The van der Waals surface area contributed by atoms with Crippen LogP contribution in [-0.2, 0) is 22.7 Å². The molecule has 9 nitrogen and oxygen atoms in total. The second-order valence-electron chi connectivity index (χ2n) is 8.63. The molecule has 0 spiro atoms. The van der Waals surface area contributed by atoms with Gasteiger partial charge in [-0.2, -0.15) is 0 Å². The first-order valence-electron chi connectivity index (χ1n) is 10.2. The van der Waals surface area contributed by atoms with Crippen LogP contribution in [0.1, 0.15) is 25.3 Å². The molecule has 1 aliphatic carbocycles. The maximum Gasteiger partial charge on any atom is 0.243 e. The van der Waals surface area contributed by atoms with Gasteiger partial charge in [-0.15, -0.1) is 0 Å². The Bertz CT molecular complexity index is 1250. The number of fused-ring (bicyclic) bond motifs is 2. The molecule has 166 valence electrons. The molecule has 3 atom stereocenters. The average Bonchev–Trinajstić information content (AvgIpc) is 3.10. The van der Waals surface area contributed by atoms with Crippen LogP contribution in [0.15, 0.2) is 30.9 Å². The van der Waals surface area contributed by atoms with Crippen LogP contribution in [0.25, 0.3) is 11.2 Å². The van der Waals surface area contributed by atoms with Crippen molar-refractivity contribution in [1.29, 1.82) is 0 Å². The Labute approximate surface area is 187 Å². The smallest absolute Gasteiger partial charge is 0.243 e. The number of nitrogen functional groups attached to an aromatic ring is 1. The summed E-state index contributed by atoms with van der Waals surface area (Å²) in [5, 5.41) is 2.76. The Hall–Kier alpha value is -3.27. The molecule has 2 amide bonds. The molecule has 0 bridgehead atoms. The number of carbonyl (C=O) groups excluding carboxylic acids is 2. The number of hydrogen-bond acceptors (Lipinski definition) is 6. The summed E-state index contributed by atoms with van der Waals surface area (Å²) in [7, 11) is 0. The van der Waals surface area contributed by atoms with E-state index in [9.17, 15) is 14.0 Å². The van der Waals surface area contributed by atoms with E-state index < -0.39 is 11.9 Å². The number of amides is 2. The zero-order chi connectivity index (χ0) is 22.6. The van der Waals surface area contributed by atoms with E-state index in [0.29, 0.717) is 23.1 Å².